The van der Waals surface area contributed by atoms with Gasteiger partial charge in [-0.3, -0.25) is 9.59 Å². The normalized spacial score (nSPS) is 9.67. The largest absolute Gasteiger partial charge is 0.397 e. The molecular formula is C13H15N3O2. The molecule has 0 aliphatic heterocycles. The lowest BCUT2D eigenvalue weighted by atomic mass is 10.0. The zero-order chi connectivity index (χ0) is 13.9. The van der Waals surface area contributed by atoms with Crippen molar-refractivity contribution in [1.82, 2.24) is 4.98 Å². The van der Waals surface area contributed by atoms with Gasteiger partial charge >= 0.3 is 0 Å². The van der Waals surface area contributed by atoms with Gasteiger partial charge in [0.2, 0.25) is 0 Å². The molecule has 0 aromatic carbocycles. The average Bonchev–Trinajstić information content (AvgIpc) is 2.36. The molecule has 18 heavy (non-hydrogen) atoms. The number of nitriles is 1. The van der Waals surface area contributed by atoms with Gasteiger partial charge in [-0.2, -0.15) is 5.26 Å². The Morgan fingerprint density at radius 2 is 2.11 bits per heavy atom. The van der Waals surface area contributed by atoms with E-state index in [0.717, 1.165) is 5.57 Å². The molecule has 1 aromatic rings. The number of ketones is 1. The number of aromatic nitrogens is 1. The number of rotatable bonds is 3. The van der Waals surface area contributed by atoms with E-state index in [0.29, 0.717) is 11.4 Å². The molecule has 0 saturated carbocycles. The van der Waals surface area contributed by atoms with E-state index >= 15 is 0 Å². The van der Waals surface area contributed by atoms with E-state index in [1.807, 2.05) is 0 Å². The van der Waals surface area contributed by atoms with Crippen LogP contribution in [0.25, 0.3) is 5.70 Å². The van der Waals surface area contributed by atoms with Gasteiger partial charge < -0.3 is 10.7 Å². The fourth-order valence-electron chi connectivity index (χ4n) is 1.49. The van der Waals surface area contributed by atoms with Crippen molar-refractivity contribution in [2.45, 2.75) is 27.2 Å². The molecule has 0 aliphatic rings. The summed E-state index contributed by atoms with van der Waals surface area (Å²) in [5, 5.41) is 8.81. The van der Waals surface area contributed by atoms with Crippen LogP contribution in [0.3, 0.4) is 0 Å². The summed E-state index contributed by atoms with van der Waals surface area (Å²) in [6, 6.07) is 3.06. The topological polar surface area (TPSA) is 99.7 Å². The fraction of sp³-hybridized carbons (Fsp3) is 0.308. The van der Waals surface area contributed by atoms with Gasteiger partial charge in [-0.1, -0.05) is 12.5 Å². The first-order valence-corrected chi connectivity index (χ1v) is 5.56. The predicted octanol–water partition coefficient (Wildman–Crippen LogP) is 1.55. The summed E-state index contributed by atoms with van der Waals surface area (Å²) in [6.45, 7) is 5.28. The quantitative estimate of drug-likeness (QED) is 0.789. The third-order valence-corrected chi connectivity index (χ3v) is 2.59. The van der Waals surface area contributed by atoms with E-state index < -0.39 is 5.56 Å². The van der Waals surface area contributed by atoms with Crippen LogP contribution in [0.2, 0.25) is 0 Å². The summed E-state index contributed by atoms with van der Waals surface area (Å²) < 4.78 is 0. The Morgan fingerprint density at radius 3 is 2.56 bits per heavy atom. The molecule has 0 atom stereocenters. The van der Waals surface area contributed by atoms with Crippen LogP contribution in [0.1, 0.15) is 48.8 Å². The molecule has 0 bridgehead atoms. The van der Waals surface area contributed by atoms with Crippen LogP contribution >= 0.6 is 0 Å². The first-order chi connectivity index (χ1) is 8.42. The summed E-state index contributed by atoms with van der Waals surface area (Å²) in [7, 11) is 0. The smallest absolute Gasteiger partial charge is 0.266 e. The third kappa shape index (κ3) is 2.48. The van der Waals surface area contributed by atoms with Crippen molar-refractivity contribution >= 4 is 11.5 Å². The van der Waals surface area contributed by atoms with Crippen molar-refractivity contribution in [3.05, 3.63) is 38.8 Å². The number of hydrogen-bond acceptors (Lipinski definition) is 4. The van der Waals surface area contributed by atoms with Gasteiger partial charge in [-0.05, 0) is 19.9 Å². The van der Waals surface area contributed by atoms with Crippen molar-refractivity contribution in [3.8, 4) is 6.07 Å². The van der Waals surface area contributed by atoms with Crippen molar-refractivity contribution in [2.75, 3.05) is 0 Å². The van der Waals surface area contributed by atoms with Gasteiger partial charge in [0.15, 0.2) is 5.78 Å². The lowest BCUT2D eigenvalue weighted by Gasteiger charge is -2.10. The minimum atomic E-state index is -0.538. The zero-order valence-electron chi connectivity index (χ0n) is 10.6. The van der Waals surface area contributed by atoms with Crippen LogP contribution < -0.4 is 11.3 Å². The predicted molar refractivity (Wildman–Crippen MR) is 68.9 cm³/mol. The summed E-state index contributed by atoms with van der Waals surface area (Å²) in [5.74, 6) is -0.165. The molecule has 5 nitrogen and oxygen atoms in total. The van der Waals surface area contributed by atoms with Gasteiger partial charge in [0.05, 0.1) is 11.4 Å². The van der Waals surface area contributed by atoms with E-state index in [-0.39, 0.29) is 23.3 Å². The Morgan fingerprint density at radius 1 is 1.50 bits per heavy atom. The molecular weight excluding hydrogens is 230 g/mol. The maximum Gasteiger partial charge on any atom is 0.266 e. The fourth-order valence-corrected chi connectivity index (χ4v) is 1.49. The van der Waals surface area contributed by atoms with Crippen molar-refractivity contribution in [1.29, 1.82) is 5.26 Å². The van der Waals surface area contributed by atoms with Gasteiger partial charge in [0, 0.05) is 12.0 Å². The lowest BCUT2D eigenvalue weighted by molar-refractivity contribution is 0.0987. The zero-order valence-corrected chi connectivity index (χ0v) is 10.6. The van der Waals surface area contributed by atoms with Crippen molar-refractivity contribution in [2.24, 2.45) is 5.73 Å². The summed E-state index contributed by atoms with van der Waals surface area (Å²) in [5.41, 5.74) is 6.97. The minimum absolute atomic E-state index is 0.0860. The maximum atomic E-state index is 11.8. The maximum absolute atomic E-state index is 11.8. The molecule has 0 aliphatic carbocycles. The number of H-pyrrole nitrogens is 1. The Labute approximate surface area is 105 Å². The van der Waals surface area contributed by atoms with Crippen molar-refractivity contribution in [3.63, 3.8) is 0 Å². The Kier molecular flexibility index (Phi) is 4.05. The number of carbonyl (C=O) groups is 1. The molecule has 1 rings (SSSR count). The molecule has 3 N–H and O–H groups in total. The van der Waals surface area contributed by atoms with E-state index in [1.165, 1.54) is 6.07 Å². The first-order valence-electron chi connectivity index (χ1n) is 5.56. The summed E-state index contributed by atoms with van der Waals surface area (Å²) in [6.07, 6.45) is 0.278. The Hall–Kier alpha value is -2.35. The monoisotopic (exact) mass is 245 g/mol. The second kappa shape index (κ2) is 5.32. The number of nitrogens with zero attached hydrogens (tertiary/aromatic N) is 1. The number of aromatic amines is 1. The van der Waals surface area contributed by atoms with E-state index in [1.54, 1.807) is 26.8 Å². The van der Waals surface area contributed by atoms with Crippen molar-refractivity contribution < 1.29 is 4.79 Å². The number of Topliss-reactive ketones (excluding diaryl/α,β-unsaturated/α-hetero) is 1. The Balaban J connectivity index is 3.66. The molecule has 0 fully saturated rings. The average molecular weight is 245 g/mol. The summed E-state index contributed by atoms with van der Waals surface area (Å²) in [4.78, 5) is 25.9. The van der Waals surface area contributed by atoms with Gasteiger partial charge in [-0.25, -0.2) is 0 Å². The molecule has 0 radical (unpaired) electrons. The third-order valence-electron chi connectivity index (χ3n) is 2.59. The molecule has 1 aromatic heterocycles. The van der Waals surface area contributed by atoms with Gasteiger partial charge in [-0.15, -0.1) is 0 Å². The number of hydrogen-bond donors (Lipinski definition) is 2. The first kappa shape index (κ1) is 13.7. The molecule has 0 amide bonds. The van der Waals surface area contributed by atoms with E-state index in [2.05, 4.69) is 4.98 Å². The van der Waals surface area contributed by atoms with Crippen LogP contribution in [0.4, 0.5) is 0 Å². The highest BCUT2D eigenvalue weighted by atomic mass is 16.1. The molecule has 0 saturated heterocycles. The number of pyridine rings is 1. The standard InChI is InChI=1S/C13H15N3O2/c1-4-10(17)9-5-8(6-14)13(18)16-12(9)11(15)7(2)3/h5H,4,15H2,1-3H3,(H,16,18). The second-order valence-electron chi connectivity index (χ2n) is 4.10. The molecule has 5 heteroatoms. The van der Waals surface area contributed by atoms with E-state index in [4.69, 9.17) is 11.0 Å². The number of carbonyl (C=O) groups excluding carboxylic acids is 1. The van der Waals surface area contributed by atoms with Gasteiger partial charge in [0.25, 0.3) is 5.56 Å². The molecule has 0 unspecified atom stereocenters. The number of nitrogens with one attached hydrogen (secondary N) is 1. The van der Waals surface area contributed by atoms with Gasteiger partial charge in [0.1, 0.15) is 11.6 Å². The number of allylic oxidation sites excluding steroid dienone is 1. The molecule has 94 valence electrons. The van der Waals surface area contributed by atoms with Crippen LogP contribution in [0.15, 0.2) is 16.4 Å². The SMILES string of the molecule is CCC(=O)c1cc(C#N)c(=O)[nH]c1C(N)=C(C)C. The molecule has 0 spiro atoms. The Bertz CT molecular complexity index is 614. The lowest BCUT2D eigenvalue weighted by Crippen LogP contribution is -2.19. The van der Waals surface area contributed by atoms with Crippen LogP contribution in [-0.2, 0) is 0 Å². The van der Waals surface area contributed by atoms with Crippen LogP contribution in [0.5, 0.6) is 0 Å². The van der Waals surface area contributed by atoms with Crippen LogP contribution in [-0.4, -0.2) is 10.8 Å². The molecule has 1 heterocycles. The highest BCUT2D eigenvalue weighted by Gasteiger charge is 2.16. The second-order valence-corrected chi connectivity index (χ2v) is 4.10. The summed E-state index contributed by atoms with van der Waals surface area (Å²) >= 11 is 0. The van der Waals surface area contributed by atoms with Crippen LogP contribution in [0, 0.1) is 11.3 Å². The highest BCUT2D eigenvalue weighted by Crippen LogP contribution is 2.17. The number of nitrogens with two attached hydrogens (primary N) is 1. The van der Waals surface area contributed by atoms with E-state index in [9.17, 15) is 9.59 Å². The highest BCUT2D eigenvalue weighted by molar-refractivity contribution is 6.00. The minimum Gasteiger partial charge on any atom is -0.397 e.